The molecule has 0 bridgehead atoms. The maximum atomic E-state index is 13.6. The lowest BCUT2D eigenvalue weighted by atomic mass is 10.1. The van der Waals surface area contributed by atoms with E-state index in [1.807, 2.05) is 55.8 Å². The first kappa shape index (κ1) is 22.4. The molecule has 5 rings (SSSR count). The van der Waals surface area contributed by atoms with E-state index in [1.54, 1.807) is 30.5 Å². The molecule has 0 spiro atoms. The Morgan fingerprint density at radius 1 is 1.09 bits per heavy atom. The molecule has 0 saturated carbocycles. The van der Waals surface area contributed by atoms with Gasteiger partial charge in [-0.05, 0) is 67.4 Å². The second-order valence-electron chi connectivity index (χ2n) is 8.19. The van der Waals surface area contributed by atoms with Gasteiger partial charge in [0.2, 0.25) is 5.88 Å². The van der Waals surface area contributed by atoms with Crippen LogP contribution in [-0.4, -0.2) is 18.9 Å². The second kappa shape index (κ2) is 8.75. The van der Waals surface area contributed by atoms with Crippen molar-refractivity contribution in [3.05, 3.63) is 98.7 Å². The van der Waals surface area contributed by atoms with Gasteiger partial charge in [0.15, 0.2) is 5.82 Å². The lowest BCUT2D eigenvalue weighted by Gasteiger charge is -2.12. The number of ether oxygens (including phenoxy) is 1. The number of fused-ring (bicyclic) bond motifs is 2. The number of aryl methyl sites for hydroxylation is 3. The maximum absolute atomic E-state index is 13.6. The summed E-state index contributed by atoms with van der Waals surface area (Å²) in [6.07, 6.45) is 3.13. The average Bonchev–Trinajstić information content (AvgIpc) is 3.18. The van der Waals surface area contributed by atoms with Gasteiger partial charge in [-0.15, -0.1) is 0 Å². The topological polar surface area (TPSA) is 85.2 Å². The molecule has 2 aromatic carbocycles. The number of halogens is 1. The van der Waals surface area contributed by atoms with Gasteiger partial charge in [0, 0.05) is 18.3 Å². The number of hydrogen-bond donors (Lipinski definition) is 0. The van der Waals surface area contributed by atoms with Crippen LogP contribution < -0.4 is 10.3 Å². The molecule has 3 aromatic heterocycles. The smallest absolute Gasteiger partial charge is 0.269 e. The normalized spacial score (nSPS) is 11.7. The molecule has 0 radical (unpaired) electrons. The van der Waals surface area contributed by atoms with Crippen molar-refractivity contribution < 1.29 is 4.74 Å². The van der Waals surface area contributed by atoms with Crippen molar-refractivity contribution in [3.63, 3.8) is 0 Å². The van der Waals surface area contributed by atoms with Crippen LogP contribution in [0, 0.1) is 25.2 Å². The number of rotatable bonds is 4. The number of benzene rings is 2. The quantitative estimate of drug-likeness (QED) is 0.307. The fourth-order valence-corrected chi connectivity index (χ4v) is 4.08. The minimum absolute atomic E-state index is 0.0949. The molecule has 35 heavy (non-hydrogen) atoms. The van der Waals surface area contributed by atoms with Gasteiger partial charge in [0.25, 0.3) is 5.56 Å². The fourth-order valence-electron chi connectivity index (χ4n) is 3.96. The summed E-state index contributed by atoms with van der Waals surface area (Å²) in [5, 5.41) is 10.6. The van der Waals surface area contributed by atoms with E-state index in [4.69, 9.17) is 16.3 Å². The lowest BCUT2D eigenvalue weighted by molar-refractivity contribution is 0.460. The van der Waals surface area contributed by atoms with Crippen LogP contribution in [0.4, 0.5) is 0 Å². The first-order valence-corrected chi connectivity index (χ1v) is 11.2. The van der Waals surface area contributed by atoms with E-state index in [1.165, 1.54) is 10.5 Å². The van der Waals surface area contributed by atoms with Crippen molar-refractivity contribution in [2.45, 2.75) is 13.8 Å². The van der Waals surface area contributed by atoms with E-state index in [9.17, 15) is 10.1 Å². The van der Waals surface area contributed by atoms with Gasteiger partial charge < -0.3 is 9.30 Å². The number of pyridine rings is 1. The Balaban J connectivity index is 1.75. The summed E-state index contributed by atoms with van der Waals surface area (Å²) in [4.78, 5) is 22.9. The molecule has 0 aliphatic carbocycles. The van der Waals surface area contributed by atoms with Crippen LogP contribution in [0.3, 0.4) is 0 Å². The van der Waals surface area contributed by atoms with Gasteiger partial charge in [0.05, 0.1) is 16.6 Å². The van der Waals surface area contributed by atoms with Crippen molar-refractivity contribution in [2.24, 2.45) is 7.05 Å². The molecular formula is C27H20ClN5O2. The molecule has 0 aliphatic heterocycles. The zero-order valence-electron chi connectivity index (χ0n) is 19.3. The highest BCUT2D eigenvalue weighted by atomic mass is 35.5. The number of para-hydroxylation sites is 2. The van der Waals surface area contributed by atoms with Crippen LogP contribution >= 0.6 is 11.6 Å². The van der Waals surface area contributed by atoms with Crippen molar-refractivity contribution in [1.29, 1.82) is 5.26 Å². The number of aromatic nitrogens is 4. The molecule has 0 amide bonds. The Bertz CT molecular complexity index is 1760. The molecule has 0 atom stereocenters. The minimum atomic E-state index is -0.356. The second-order valence-corrected chi connectivity index (χ2v) is 8.59. The Hall–Kier alpha value is -4.41. The van der Waals surface area contributed by atoms with Crippen molar-refractivity contribution in [1.82, 2.24) is 18.9 Å². The van der Waals surface area contributed by atoms with Crippen LogP contribution in [0.25, 0.3) is 28.3 Å². The van der Waals surface area contributed by atoms with Crippen LogP contribution in [0.1, 0.15) is 22.5 Å². The Morgan fingerprint density at radius 2 is 1.89 bits per heavy atom. The van der Waals surface area contributed by atoms with Gasteiger partial charge in [-0.2, -0.15) is 10.2 Å². The molecule has 0 aliphatic rings. The molecule has 0 saturated heterocycles. The van der Waals surface area contributed by atoms with E-state index in [0.29, 0.717) is 22.2 Å². The van der Waals surface area contributed by atoms with E-state index in [0.717, 1.165) is 22.2 Å². The van der Waals surface area contributed by atoms with E-state index >= 15 is 0 Å². The van der Waals surface area contributed by atoms with Crippen LogP contribution in [0.5, 0.6) is 11.6 Å². The number of hydrogen-bond acceptors (Lipinski definition) is 5. The lowest BCUT2D eigenvalue weighted by Crippen LogP contribution is -2.19. The summed E-state index contributed by atoms with van der Waals surface area (Å²) in [5.74, 6) is 1.01. The van der Waals surface area contributed by atoms with E-state index < -0.39 is 0 Å². The number of allylic oxidation sites excluding steroid dienone is 1. The van der Waals surface area contributed by atoms with Gasteiger partial charge in [-0.1, -0.05) is 29.8 Å². The first-order chi connectivity index (χ1) is 16.9. The predicted molar refractivity (Wildman–Crippen MR) is 137 cm³/mol. The van der Waals surface area contributed by atoms with Gasteiger partial charge in [0.1, 0.15) is 23.0 Å². The molecule has 0 unspecified atom stereocenters. The highest BCUT2D eigenvalue weighted by Crippen LogP contribution is 2.29. The maximum Gasteiger partial charge on any atom is 0.269 e. The predicted octanol–water partition coefficient (Wildman–Crippen LogP) is 5.71. The molecule has 5 aromatic rings. The third-order valence-electron chi connectivity index (χ3n) is 5.83. The van der Waals surface area contributed by atoms with Crippen molar-refractivity contribution in [2.75, 3.05) is 0 Å². The number of imidazole rings is 1. The summed E-state index contributed by atoms with van der Waals surface area (Å²) in [6, 6.07) is 18.6. The van der Waals surface area contributed by atoms with Crippen LogP contribution in [-0.2, 0) is 7.05 Å². The molecule has 8 heteroatoms. The van der Waals surface area contributed by atoms with Crippen molar-refractivity contribution >= 4 is 39.9 Å². The summed E-state index contributed by atoms with van der Waals surface area (Å²) in [7, 11) is 1.83. The monoisotopic (exact) mass is 481 g/mol. The Morgan fingerprint density at radius 3 is 2.63 bits per heavy atom. The standard InChI is InChI=1S/C27H20ClN5O2/c1-16-7-6-12-33-24(16)31-26(35-19-10-11-21(28)17(2)13-19)20(27(33)34)14-18(15-29)25-30-22-8-4-5-9-23(22)32(25)3/h4-14H,1-3H3/b18-14+. The number of nitriles is 1. The van der Waals surface area contributed by atoms with E-state index in [2.05, 4.69) is 16.0 Å². The van der Waals surface area contributed by atoms with E-state index in [-0.39, 0.29) is 22.6 Å². The van der Waals surface area contributed by atoms with Gasteiger partial charge >= 0.3 is 0 Å². The first-order valence-electron chi connectivity index (χ1n) is 10.9. The summed E-state index contributed by atoms with van der Waals surface area (Å²) in [6.45, 7) is 3.73. The highest BCUT2D eigenvalue weighted by Gasteiger charge is 2.18. The average molecular weight is 482 g/mol. The fraction of sp³-hybridized carbons (Fsp3) is 0.111. The summed E-state index contributed by atoms with van der Waals surface area (Å²) in [5.41, 5.74) is 3.74. The van der Waals surface area contributed by atoms with Gasteiger partial charge in [-0.25, -0.2) is 4.98 Å². The Labute approximate surface area is 206 Å². The molecular weight excluding hydrogens is 462 g/mol. The zero-order chi connectivity index (χ0) is 24.7. The molecule has 0 fully saturated rings. The Kier molecular flexibility index (Phi) is 5.59. The molecule has 3 heterocycles. The van der Waals surface area contributed by atoms with Gasteiger partial charge in [-0.3, -0.25) is 9.20 Å². The minimum Gasteiger partial charge on any atom is -0.438 e. The molecule has 7 nitrogen and oxygen atoms in total. The third-order valence-corrected chi connectivity index (χ3v) is 6.25. The summed E-state index contributed by atoms with van der Waals surface area (Å²) >= 11 is 6.16. The number of nitrogens with zero attached hydrogens (tertiary/aromatic N) is 5. The third kappa shape index (κ3) is 3.94. The van der Waals surface area contributed by atoms with Crippen LogP contribution in [0.2, 0.25) is 5.02 Å². The SMILES string of the molecule is Cc1cc(Oc2nc3c(C)cccn3c(=O)c2/C=C(\C#N)c2nc3ccccc3n2C)ccc1Cl. The van der Waals surface area contributed by atoms with Crippen molar-refractivity contribution in [3.8, 4) is 17.7 Å². The zero-order valence-corrected chi connectivity index (χ0v) is 20.0. The largest absolute Gasteiger partial charge is 0.438 e. The molecule has 172 valence electrons. The summed E-state index contributed by atoms with van der Waals surface area (Å²) < 4.78 is 9.37. The van der Waals surface area contributed by atoms with Crippen LogP contribution in [0.15, 0.2) is 65.6 Å². The molecule has 0 N–H and O–H groups in total. The highest BCUT2D eigenvalue weighted by molar-refractivity contribution is 6.31.